The van der Waals surface area contributed by atoms with Gasteiger partial charge in [0.15, 0.2) is 22.4 Å². The molecule has 21 heteroatoms. The highest BCUT2D eigenvalue weighted by atomic mass is 32.1. The van der Waals surface area contributed by atoms with Crippen molar-refractivity contribution in [2.45, 2.75) is 97.8 Å². The minimum Gasteiger partial charge on any atom is -0.418 e. The number of carbonyl (C=O) groups is 3. The Kier molecular flexibility index (Phi) is 19.0. The molecule has 20 nitrogen and oxygen atoms in total. The number of hydrogen-bond donors (Lipinski definition) is 5. The van der Waals surface area contributed by atoms with Crippen LogP contribution in [-0.4, -0.2) is 182 Å². The van der Waals surface area contributed by atoms with Crippen LogP contribution in [0.15, 0.2) is 102 Å². The number of fused-ring (bicyclic) bond motifs is 3. The Balaban J connectivity index is 0.000000140. The predicted molar refractivity (Wildman–Crippen MR) is 335 cm³/mol. The summed E-state index contributed by atoms with van der Waals surface area (Å²) in [6.07, 6.45) is 11.0. The Labute approximate surface area is 495 Å². The van der Waals surface area contributed by atoms with Gasteiger partial charge in [-0.25, -0.2) is 4.98 Å². The molecule has 12 rings (SSSR count). The Morgan fingerprint density at radius 3 is 1.64 bits per heavy atom. The van der Waals surface area contributed by atoms with Gasteiger partial charge in [0.2, 0.25) is 16.8 Å². The second kappa shape index (κ2) is 26.9. The number of nitrogens with zero attached hydrogens (tertiary/aromatic N) is 11. The van der Waals surface area contributed by atoms with Crippen molar-refractivity contribution in [2.75, 3.05) is 94.7 Å². The van der Waals surface area contributed by atoms with Gasteiger partial charge in [-0.1, -0.05) is 79.8 Å². The monoisotopic (exact) mass is 1160 g/mol. The van der Waals surface area contributed by atoms with Crippen molar-refractivity contribution >= 4 is 78.6 Å². The molecule has 9 aromatic rings. The van der Waals surface area contributed by atoms with E-state index in [2.05, 4.69) is 184 Å². The quantitative estimate of drug-likeness (QED) is 0.0536. The first-order chi connectivity index (χ1) is 40.5. The van der Waals surface area contributed by atoms with Crippen LogP contribution in [0.4, 0.5) is 17.1 Å². The van der Waals surface area contributed by atoms with Crippen molar-refractivity contribution in [3.8, 4) is 0 Å². The zero-order valence-corrected chi connectivity index (χ0v) is 50.9. The Bertz CT molecular complexity index is 3260. The lowest BCUT2D eigenvalue weighted by Crippen LogP contribution is -2.50. The molecular weight excluding hydrogens is 1080 g/mol. The van der Waals surface area contributed by atoms with E-state index in [9.17, 15) is 14.4 Å². The van der Waals surface area contributed by atoms with Crippen LogP contribution in [0.25, 0.3) is 32.7 Å². The van der Waals surface area contributed by atoms with Gasteiger partial charge in [0, 0.05) is 147 Å². The maximum atomic E-state index is 12.7. The van der Waals surface area contributed by atoms with E-state index in [0.717, 1.165) is 99.8 Å². The first kappa shape index (κ1) is 59.4. The molecule has 3 aliphatic rings. The highest BCUT2D eigenvalue weighted by Crippen LogP contribution is 2.28. The van der Waals surface area contributed by atoms with Gasteiger partial charge >= 0.3 is 0 Å². The number of amides is 1. The lowest BCUT2D eigenvalue weighted by atomic mass is 9.95. The molecule has 444 valence electrons. The normalized spacial score (nSPS) is 19.2. The molecule has 5 N–H and O–H groups in total. The largest absolute Gasteiger partial charge is 0.418 e. The molecule has 3 fully saturated rings. The number of Topliss-reactive ketones (excluding diaryl/α,β-unsaturated/α-hetero) is 2. The number of H-pyrrole nitrogens is 4. The van der Waals surface area contributed by atoms with Gasteiger partial charge in [0.1, 0.15) is 0 Å². The summed E-state index contributed by atoms with van der Waals surface area (Å²) in [6.45, 7) is 21.0. The molecule has 1 amide bonds. The average molecular weight is 1160 g/mol. The smallest absolute Gasteiger partial charge is 0.298 e. The van der Waals surface area contributed by atoms with Crippen LogP contribution >= 0.6 is 11.3 Å². The third-order valence-corrected chi connectivity index (χ3v) is 18.0. The molecule has 0 saturated carbocycles. The number of oxazole rings is 1. The molecule has 6 unspecified atom stereocenters. The topological polar surface area (TPSA) is 223 Å². The van der Waals surface area contributed by atoms with Crippen molar-refractivity contribution in [1.82, 2.24) is 65.3 Å². The lowest BCUT2D eigenvalue weighted by molar-refractivity contribution is 0.0910. The van der Waals surface area contributed by atoms with E-state index in [1.807, 2.05) is 49.6 Å². The van der Waals surface area contributed by atoms with Gasteiger partial charge in [0.25, 0.3) is 11.9 Å². The van der Waals surface area contributed by atoms with Gasteiger partial charge in [-0.05, 0) is 115 Å². The minimum atomic E-state index is -0.228. The number of anilines is 3. The van der Waals surface area contributed by atoms with Crippen molar-refractivity contribution in [2.24, 2.45) is 11.8 Å². The van der Waals surface area contributed by atoms with E-state index < -0.39 is 0 Å². The molecule has 0 spiro atoms. The fourth-order valence-corrected chi connectivity index (χ4v) is 12.3. The lowest BCUT2D eigenvalue weighted by Gasteiger charge is -2.37. The number of carbonyl (C=O) groups excluding carboxylic acids is 3. The van der Waals surface area contributed by atoms with E-state index in [4.69, 9.17) is 4.42 Å². The van der Waals surface area contributed by atoms with Gasteiger partial charge in [-0.3, -0.25) is 19.5 Å². The third kappa shape index (κ3) is 14.4. The molecule has 3 aromatic carbocycles. The van der Waals surface area contributed by atoms with Crippen LogP contribution in [0.5, 0.6) is 0 Å². The maximum absolute atomic E-state index is 12.7. The molecule has 0 aliphatic carbocycles. The fourth-order valence-electron chi connectivity index (χ4n) is 11.5. The minimum absolute atomic E-state index is 0.0215. The zero-order valence-electron chi connectivity index (χ0n) is 50.1. The average Bonchev–Trinajstić information content (AvgIpc) is 4.53. The molecule has 3 saturated heterocycles. The van der Waals surface area contributed by atoms with Gasteiger partial charge < -0.3 is 54.1 Å². The molecule has 0 radical (unpaired) electrons. The number of rotatable bonds is 17. The van der Waals surface area contributed by atoms with E-state index in [1.54, 1.807) is 0 Å². The van der Waals surface area contributed by atoms with Crippen molar-refractivity contribution < 1.29 is 18.8 Å². The summed E-state index contributed by atoms with van der Waals surface area (Å²) >= 11 is 1.43. The summed E-state index contributed by atoms with van der Waals surface area (Å²) in [6, 6.07) is 26.6. The summed E-state index contributed by atoms with van der Waals surface area (Å²) in [5.74, 6) is 1.62. The second-order valence-corrected chi connectivity index (χ2v) is 24.7. The van der Waals surface area contributed by atoms with Crippen LogP contribution in [0.1, 0.15) is 102 Å². The standard InChI is InChI=1S/C21H28N6O.C21H27N5O2.C21H27N5OS/c1-14(10-16-12-22-18-7-5-4-6-17(16)18)11-19(28)20-23-21(25-24-20)27-9-8-26(3)15(2)13-27;1-14(10-16-11-22-18-7-5-4-6-17(16)18)24-20(27)19-12-23-21(28-19)26-9-8-25(3)15(2)13-26;1-14(10-16-12-22-18-7-5-4-6-17(16)18)11-19(27)20-23-24-21(28-20)26-9-8-25(3)15(2)13-26/h4-7,12,14-15,22H,8-11,13H2,1-3H3,(H,23,24,25);4-7,11-12,14-15,22H,8-10,13H2,1-3H3,(H,24,27);4-7,12,14-15,22H,8-11,13H2,1-3H3. The number of benzene rings is 3. The van der Waals surface area contributed by atoms with Crippen LogP contribution in [0, 0.1) is 11.8 Å². The van der Waals surface area contributed by atoms with Gasteiger partial charge in [-0.2, -0.15) is 4.98 Å². The summed E-state index contributed by atoms with van der Waals surface area (Å²) in [7, 11) is 6.39. The van der Waals surface area contributed by atoms with E-state index >= 15 is 0 Å². The number of likely N-dealkylation sites (N-methyl/N-ethyl adjacent to an activating group) is 3. The van der Waals surface area contributed by atoms with E-state index in [-0.39, 0.29) is 41.1 Å². The number of hydrogen-bond acceptors (Lipinski definition) is 16. The molecule has 84 heavy (non-hydrogen) atoms. The van der Waals surface area contributed by atoms with Crippen molar-refractivity contribution in [1.29, 1.82) is 0 Å². The summed E-state index contributed by atoms with van der Waals surface area (Å²) in [5, 5.41) is 23.7. The maximum Gasteiger partial charge on any atom is 0.298 e. The van der Waals surface area contributed by atoms with E-state index in [0.29, 0.717) is 53.8 Å². The SMILES string of the molecule is CC(CC(=O)c1nc(N2CCN(C)C(C)C2)n[nH]1)Cc1c[nH]c2ccccc12.CC(CC(=O)c1nnc(N2CCN(C)C(C)C2)s1)Cc1c[nH]c2ccccc12.CC(Cc1c[nH]c2ccccc12)NC(=O)c1cnc(N2CCN(C)C(C)C2)o1. The molecule has 9 heterocycles. The first-order valence-electron chi connectivity index (χ1n) is 29.6. The number of nitrogens with one attached hydrogen (secondary N) is 5. The molecule has 6 aromatic heterocycles. The van der Waals surface area contributed by atoms with Crippen LogP contribution in [0.2, 0.25) is 0 Å². The van der Waals surface area contributed by atoms with Crippen LogP contribution in [0.3, 0.4) is 0 Å². The summed E-state index contributed by atoms with van der Waals surface area (Å²) in [5.41, 5.74) is 7.09. The molecule has 0 bridgehead atoms. The van der Waals surface area contributed by atoms with Gasteiger partial charge in [0.05, 0.1) is 6.20 Å². The van der Waals surface area contributed by atoms with E-state index in [1.165, 1.54) is 50.4 Å². The highest BCUT2D eigenvalue weighted by molar-refractivity contribution is 7.17. The predicted octanol–water partition coefficient (Wildman–Crippen LogP) is 9.15. The van der Waals surface area contributed by atoms with Crippen molar-refractivity contribution in [3.05, 3.63) is 131 Å². The Morgan fingerprint density at radius 2 is 1.10 bits per heavy atom. The first-order valence-corrected chi connectivity index (χ1v) is 30.4. The van der Waals surface area contributed by atoms with Crippen molar-refractivity contribution in [3.63, 3.8) is 0 Å². The summed E-state index contributed by atoms with van der Waals surface area (Å²) < 4.78 is 5.75. The molecule has 3 aliphatic heterocycles. The Hall–Kier alpha value is -7.72. The molecule has 6 atom stereocenters. The van der Waals surface area contributed by atoms with Crippen LogP contribution < -0.4 is 20.0 Å². The number of aromatic nitrogens is 9. The fraction of sp³-hybridized carbons (Fsp3) is 0.460. The van der Waals surface area contributed by atoms with Gasteiger partial charge in [-0.15, -0.1) is 15.3 Å². The number of para-hydroxylation sites is 3. The molecular formula is C63H82N16O4S. The third-order valence-electron chi connectivity index (χ3n) is 16.9. The highest BCUT2D eigenvalue weighted by Gasteiger charge is 2.29. The van der Waals surface area contributed by atoms with Crippen LogP contribution in [-0.2, 0) is 19.3 Å². The second-order valence-electron chi connectivity index (χ2n) is 23.7. The number of piperazine rings is 3. The summed E-state index contributed by atoms with van der Waals surface area (Å²) in [4.78, 5) is 70.1. The Morgan fingerprint density at radius 1 is 0.619 bits per heavy atom. The number of aromatic amines is 4. The zero-order chi connectivity index (χ0) is 59.0. The number of ketones is 2.